The number of ether oxygens (including phenoxy) is 2. The van der Waals surface area contributed by atoms with E-state index in [4.69, 9.17) is 9.72 Å². The molecular weight excluding hydrogens is 484 g/mol. The van der Waals surface area contributed by atoms with Crippen molar-refractivity contribution in [1.29, 1.82) is 0 Å². The van der Waals surface area contributed by atoms with Crippen molar-refractivity contribution in [1.82, 2.24) is 9.55 Å². The summed E-state index contributed by atoms with van der Waals surface area (Å²) in [6.45, 7) is 4.05. The second-order valence-corrected chi connectivity index (χ2v) is 9.09. The number of unbranched alkanes of at least 4 members (excludes halogenated alkanes) is 1. The van der Waals surface area contributed by atoms with Gasteiger partial charge in [-0.15, -0.1) is 0 Å². The summed E-state index contributed by atoms with van der Waals surface area (Å²) >= 11 is 0. The molecule has 0 aliphatic carbocycles. The SMILES string of the molecule is CCCCc1nc2ccc(C(=O)C(C)C(=O)O)cc2n1Cc1ccc(-c2ccccc2OC(=O)OC)cc1. The molecule has 8 nitrogen and oxygen atoms in total. The maximum absolute atomic E-state index is 12.7. The molecule has 0 fully saturated rings. The predicted octanol–water partition coefficient (Wildman–Crippen LogP) is 6.14. The van der Waals surface area contributed by atoms with Crippen molar-refractivity contribution in [3.63, 3.8) is 0 Å². The lowest BCUT2D eigenvalue weighted by Gasteiger charge is -2.12. The number of hydrogen-bond donors (Lipinski definition) is 1. The van der Waals surface area contributed by atoms with Crippen LogP contribution in [0.15, 0.2) is 66.7 Å². The van der Waals surface area contributed by atoms with E-state index in [-0.39, 0.29) is 0 Å². The molecule has 0 amide bonds. The predicted molar refractivity (Wildman–Crippen MR) is 143 cm³/mol. The summed E-state index contributed by atoms with van der Waals surface area (Å²) in [4.78, 5) is 40.5. The number of aliphatic carboxylic acids is 1. The Bertz CT molecular complexity index is 1470. The van der Waals surface area contributed by atoms with E-state index in [0.717, 1.165) is 52.8 Å². The van der Waals surface area contributed by atoms with E-state index >= 15 is 0 Å². The van der Waals surface area contributed by atoms with Crippen LogP contribution in [0.3, 0.4) is 0 Å². The molecule has 0 radical (unpaired) electrons. The fourth-order valence-corrected chi connectivity index (χ4v) is 4.29. The number of aromatic nitrogens is 2. The maximum atomic E-state index is 12.7. The summed E-state index contributed by atoms with van der Waals surface area (Å²) in [5.41, 5.74) is 4.57. The first kappa shape index (κ1) is 26.6. The number of Topliss-reactive ketones (excluding diaryl/α,β-unsaturated/α-hetero) is 1. The maximum Gasteiger partial charge on any atom is 0.513 e. The summed E-state index contributed by atoms with van der Waals surface area (Å²) in [7, 11) is 1.26. The Morgan fingerprint density at radius 2 is 1.76 bits per heavy atom. The Morgan fingerprint density at radius 3 is 2.45 bits per heavy atom. The van der Waals surface area contributed by atoms with Gasteiger partial charge in [-0.25, -0.2) is 9.78 Å². The number of rotatable bonds is 10. The summed E-state index contributed by atoms with van der Waals surface area (Å²) in [5.74, 6) is -1.38. The molecule has 1 N–H and O–H groups in total. The number of nitrogens with zero attached hydrogens (tertiary/aromatic N) is 2. The van der Waals surface area contributed by atoms with Crippen LogP contribution >= 0.6 is 0 Å². The number of carbonyl (C=O) groups is 3. The molecule has 4 rings (SSSR count). The van der Waals surface area contributed by atoms with Crippen molar-refractivity contribution in [2.75, 3.05) is 7.11 Å². The van der Waals surface area contributed by atoms with E-state index in [2.05, 4.69) is 16.2 Å². The van der Waals surface area contributed by atoms with E-state index in [1.807, 2.05) is 36.4 Å². The molecule has 0 bridgehead atoms. The monoisotopic (exact) mass is 514 g/mol. The molecule has 4 aromatic rings. The Morgan fingerprint density at radius 1 is 1.03 bits per heavy atom. The van der Waals surface area contributed by atoms with Crippen LogP contribution in [0, 0.1) is 5.92 Å². The van der Waals surface area contributed by atoms with E-state index in [1.54, 1.807) is 30.3 Å². The molecule has 0 aliphatic heterocycles. The molecule has 1 aromatic heterocycles. The average Bonchev–Trinajstić information content (AvgIpc) is 3.27. The van der Waals surface area contributed by atoms with Crippen molar-refractivity contribution in [2.24, 2.45) is 5.92 Å². The number of fused-ring (bicyclic) bond motifs is 1. The molecule has 0 saturated carbocycles. The van der Waals surface area contributed by atoms with Crippen molar-refractivity contribution in [3.05, 3.63) is 83.7 Å². The van der Waals surface area contributed by atoms with Crippen LogP contribution in [0.4, 0.5) is 4.79 Å². The Hall–Kier alpha value is -4.46. The summed E-state index contributed by atoms with van der Waals surface area (Å²) < 4.78 is 12.0. The van der Waals surface area contributed by atoms with Gasteiger partial charge in [0, 0.05) is 24.1 Å². The minimum atomic E-state index is -1.15. The zero-order chi connectivity index (χ0) is 27.2. The topological polar surface area (TPSA) is 108 Å². The molecular formula is C30H30N2O6. The van der Waals surface area contributed by atoms with Crippen molar-refractivity contribution < 1.29 is 29.0 Å². The number of para-hydroxylation sites is 1. The highest BCUT2D eigenvalue weighted by atomic mass is 16.7. The van der Waals surface area contributed by atoms with E-state index in [1.165, 1.54) is 14.0 Å². The van der Waals surface area contributed by atoms with Gasteiger partial charge in [0.1, 0.15) is 17.5 Å². The first-order valence-electron chi connectivity index (χ1n) is 12.5. The number of carboxylic acids is 1. The molecule has 196 valence electrons. The van der Waals surface area contributed by atoms with Crippen molar-refractivity contribution >= 4 is 28.9 Å². The van der Waals surface area contributed by atoms with Gasteiger partial charge in [-0.2, -0.15) is 0 Å². The highest BCUT2D eigenvalue weighted by Gasteiger charge is 2.23. The highest BCUT2D eigenvalue weighted by molar-refractivity contribution is 6.09. The van der Waals surface area contributed by atoms with Gasteiger partial charge in [-0.3, -0.25) is 9.59 Å². The lowest BCUT2D eigenvalue weighted by molar-refractivity contribution is -0.139. The first-order valence-corrected chi connectivity index (χ1v) is 12.5. The third-order valence-electron chi connectivity index (χ3n) is 6.48. The lowest BCUT2D eigenvalue weighted by atomic mass is 9.99. The van der Waals surface area contributed by atoms with Crippen molar-refractivity contribution in [2.45, 2.75) is 39.7 Å². The van der Waals surface area contributed by atoms with Crippen LogP contribution in [0.1, 0.15) is 48.4 Å². The van der Waals surface area contributed by atoms with Gasteiger partial charge in [0.2, 0.25) is 0 Å². The van der Waals surface area contributed by atoms with Gasteiger partial charge >= 0.3 is 12.1 Å². The number of ketones is 1. The number of carboxylic acid groups (broad SMARTS) is 1. The summed E-state index contributed by atoms with van der Waals surface area (Å²) in [5, 5.41) is 9.29. The Balaban J connectivity index is 1.67. The van der Waals surface area contributed by atoms with E-state index in [9.17, 15) is 19.5 Å². The standard InChI is InChI=1S/C30H30N2O6/c1-4-5-10-27-31-24-16-15-22(28(33)19(2)29(34)35)17-25(24)32(27)18-20-11-13-21(14-12-20)23-8-6-7-9-26(23)38-30(36)37-3/h6-9,11-17,19H,4-5,10,18H2,1-3H3,(H,34,35). The average molecular weight is 515 g/mol. The van der Waals surface area contributed by atoms with Gasteiger partial charge in [0.05, 0.1) is 18.1 Å². The normalized spacial score (nSPS) is 11.8. The van der Waals surface area contributed by atoms with Gasteiger partial charge in [-0.1, -0.05) is 55.8 Å². The quantitative estimate of drug-likeness (QED) is 0.117. The molecule has 0 spiro atoms. The minimum Gasteiger partial charge on any atom is -0.481 e. The second-order valence-electron chi connectivity index (χ2n) is 9.09. The van der Waals surface area contributed by atoms with Gasteiger partial charge in [0.25, 0.3) is 0 Å². The van der Waals surface area contributed by atoms with Crippen LogP contribution in [0.5, 0.6) is 5.75 Å². The van der Waals surface area contributed by atoms with Gasteiger partial charge in [0.15, 0.2) is 5.78 Å². The number of hydrogen-bond acceptors (Lipinski definition) is 6. The van der Waals surface area contributed by atoms with Crippen LogP contribution in [0.25, 0.3) is 22.2 Å². The van der Waals surface area contributed by atoms with E-state index in [0.29, 0.717) is 17.9 Å². The third-order valence-corrected chi connectivity index (χ3v) is 6.48. The highest BCUT2D eigenvalue weighted by Crippen LogP contribution is 2.31. The smallest absolute Gasteiger partial charge is 0.481 e. The van der Waals surface area contributed by atoms with Crippen LogP contribution < -0.4 is 4.74 Å². The van der Waals surface area contributed by atoms with Gasteiger partial charge in [-0.05, 0) is 48.7 Å². The lowest BCUT2D eigenvalue weighted by Crippen LogP contribution is -2.20. The number of imidazole rings is 1. The van der Waals surface area contributed by atoms with Crippen LogP contribution in [0.2, 0.25) is 0 Å². The largest absolute Gasteiger partial charge is 0.513 e. The number of aryl methyl sites for hydroxylation is 1. The van der Waals surface area contributed by atoms with E-state index < -0.39 is 23.8 Å². The molecule has 38 heavy (non-hydrogen) atoms. The minimum absolute atomic E-state index is 0.355. The zero-order valence-corrected chi connectivity index (χ0v) is 21.6. The van der Waals surface area contributed by atoms with Crippen LogP contribution in [-0.4, -0.2) is 39.7 Å². The fraction of sp³-hybridized carbons (Fsp3) is 0.267. The van der Waals surface area contributed by atoms with Crippen LogP contribution in [-0.2, 0) is 22.5 Å². The zero-order valence-electron chi connectivity index (χ0n) is 21.6. The number of carbonyl (C=O) groups excluding carboxylic acids is 2. The molecule has 1 atom stereocenters. The Labute approximate surface area is 220 Å². The van der Waals surface area contributed by atoms with Crippen molar-refractivity contribution in [3.8, 4) is 16.9 Å². The summed E-state index contributed by atoms with van der Waals surface area (Å²) in [6.07, 6.45) is 2.00. The number of benzene rings is 3. The third kappa shape index (κ3) is 5.75. The molecule has 3 aromatic carbocycles. The first-order chi connectivity index (χ1) is 18.3. The molecule has 1 heterocycles. The van der Waals surface area contributed by atoms with Gasteiger partial charge < -0.3 is 19.1 Å². The fourth-order valence-electron chi connectivity index (χ4n) is 4.29. The molecule has 1 unspecified atom stereocenters. The second kappa shape index (κ2) is 11.7. The number of methoxy groups -OCH3 is 1. The summed E-state index contributed by atoms with van der Waals surface area (Å²) in [6, 6.07) is 20.3. The molecule has 8 heteroatoms. The molecule has 0 saturated heterocycles. The molecule has 0 aliphatic rings. The Kier molecular flexibility index (Phi) is 8.21.